The van der Waals surface area contributed by atoms with E-state index in [1.807, 2.05) is 17.3 Å². The second-order valence-corrected chi connectivity index (χ2v) is 8.10. The Morgan fingerprint density at radius 1 is 1.19 bits per heavy atom. The number of aromatic nitrogens is 2. The smallest absolute Gasteiger partial charge is 0.437 e. The van der Waals surface area contributed by atoms with Crippen LogP contribution < -0.4 is 21.8 Å². The number of amides is 1. The SMILES string of the molecule is NC(N)=NC(=O)OCc1cccc(-c2cnc(N3CCC(=NOCCN4CC=CN4)CC3)nc2)c1F. The Kier molecular flexibility index (Phi) is 8.24. The van der Waals surface area contributed by atoms with Crippen LogP contribution in [0.1, 0.15) is 18.4 Å². The molecule has 2 aromatic rings. The first kappa shape index (κ1) is 24.9. The van der Waals surface area contributed by atoms with Crippen LogP contribution in [0.15, 0.2) is 53.0 Å². The van der Waals surface area contributed by atoms with Crippen molar-refractivity contribution >= 4 is 23.7 Å². The maximum absolute atomic E-state index is 15.0. The molecule has 4 rings (SSSR count). The number of carbonyl (C=O) groups is 1. The summed E-state index contributed by atoms with van der Waals surface area (Å²) in [6, 6.07) is 4.77. The van der Waals surface area contributed by atoms with E-state index in [4.69, 9.17) is 21.0 Å². The summed E-state index contributed by atoms with van der Waals surface area (Å²) in [6.07, 6.45) is 7.61. The molecule has 5 N–H and O–H groups in total. The maximum atomic E-state index is 15.0. The van der Waals surface area contributed by atoms with Gasteiger partial charge in [0.25, 0.3) is 0 Å². The number of piperidine rings is 1. The van der Waals surface area contributed by atoms with Crippen LogP contribution in [0.5, 0.6) is 0 Å². The molecule has 0 bridgehead atoms. The number of hydrazine groups is 1. The second-order valence-electron chi connectivity index (χ2n) is 8.10. The van der Waals surface area contributed by atoms with Gasteiger partial charge in [-0.1, -0.05) is 29.4 Å². The first-order chi connectivity index (χ1) is 17.5. The highest BCUT2D eigenvalue weighted by Gasteiger charge is 2.19. The molecule has 2 aliphatic rings. The molecular formula is C23H28FN9O3. The molecule has 36 heavy (non-hydrogen) atoms. The standard InChI is InChI=1S/C23H28FN9O3/c24-20-16(15-35-23(34)30-21(25)26)3-1-4-19(20)17-13-27-22(28-14-17)32-9-5-18(6-10-32)31-36-12-11-33-8-2-7-29-33/h1-4,7,13-14,29H,5-6,8-12,15H2,(H4,25,26,30,34). The lowest BCUT2D eigenvalue weighted by Gasteiger charge is -2.27. The van der Waals surface area contributed by atoms with Crippen molar-refractivity contribution in [1.82, 2.24) is 20.4 Å². The number of ether oxygens (including phenoxy) is 1. The van der Waals surface area contributed by atoms with Crippen molar-refractivity contribution in [2.45, 2.75) is 19.4 Å². The Balaban J connectivity index is 1.29. The van der Waals surface area contributed by atoms with E-state index in [0.29, 0.717) is 36.8 Å². The van der Waals surface area contributed by atoms with E-state index in [2.05, 4.69) is 30.4 Å². The van der Waals surface area contributed by atoms with Crippen molar-refractivity contribution in [1.29, 1.82) is 0 Å². The van der Waals surface area contributed by atoms with Gasteiger partial charge in [0.15, 0.2) is 5.96 Å². The zero-order valence-corrected chi connectivity index (χ0v) is 19.6. The number of carbonyl (C=O) groups excluding carboxylic acids is 1. The van der Waals surface area contributed by atoms with Gasteiger partial charge in [-0.3, -0.25) is 0 Å². The number of anilines is 1. The highest BCUT2D eigenvalue weighted by molar-refractivity contribution is 5.88. The predicted molar refractivity (Wildman–Crippen MR) is 132 cm³/mol. The van der Waals surface area contributed by atoms with Gasteiger partial charge in [-0.25, -0.2) is 24.2 Å². The molecule has 190 valence electrons. The molecule has 1 fully saturated rings. The zero-order valence-electron chi connectivity index (χ0n) is 19.6. The van der Waals surface area contributed by atoms with E-state index in [-0.39, 0.29) is 12.2 Å². The number of nitrogens with zero attached hydrogens (tertiary/aromatic N) is 6. The number of rotatable bonds is 8. The number of hydrogen-bond donors (Lipinski definition) is 3. The molecule has 0 radical (unpaired) electrons. The summed E-state index contributed by atoms with van der Waals surface area (Å²) in [4.78, 5) is 31.1. The van der Waals surface area contributed by atoms with Crippen LogP contribution in [0.25, 0.3) is 11.1 Å². The Morgan fingerprint density at radius 3 is 2.67 bits per heavy atom. The molecule has 0 unspecified atom stereocenters. The van der Waals surface area contributed by atoms with Crippen LogP contribution in [0.2, 0.25) is 0 Å². The van der Waals surface area contributed by atoms with Gasteiger partial charge in [0.05, 0.1) is 12.3 Å². The minimum absolute atomic E-state index is 0.175. The molecule has 1 amide bonds. The Hall–Kier alpha value is -4.26. The summed E-state index contributed by atoms with van der Waals surface area (Å²) in [6.45, 7) is 3.24. The molecule has 12 nitrogen and oxygen atoms in total. The average Bonchev–Trinajstić information content (AvgIpc) is 3.40. The predicted octanol–water partition coefficient (Wildman–Crippen LogP) is 1.50. The van der Waals surface area contributed by atoms with Crippen molar-refractivity contribution in [2.75, 3.05) is 37.7 Å². The molecule has 0 saturated carbocycles. The van der Waals surface area contributed by atoms with E-state index in [0.717, 1.165) is 31.6 Å². The van der Waals surface area contributed by atoms with Crippen molar-refractivity contribution in [3.05, 3.63) is 54.2 Å². The van der Waals surface area contributed by atoms with Gasteiger partial charge in [0, 0.05) is 67.8 Å². The van der Waals surface area contributed by atoms with Crippen LogP contribution >= 0.6 is 0 Å². The fourth-order valence-corrected chi connectivity index (χ4v) is 3.71. The van der Waals surface area contributed by atoms with Crippen LogP contribution in [0.3, 0.4) is 0 Å². The van der Waals surface area contributed by atoms with E-state index >= 15 is 4.39 Å². The summed E-state index contributed by atoms with van der Waals surface area (Å²) in [5.74, 6) is -0.406. The molecule has 0 aliphatic carbocycles. The molecule has 3 heterocycles. The fraction of sp³-hybridized carbons (Fsp3) is 0.348. The molecule has 0 atom stereocenters. The van der Waals surface area contributed by atoms with Crippen LogP contribution in [0, 0.1) is 5.82 Å². The van der Waals surface area contributed by atoms with Gasteiger partial charge in [-0.2, -0.15) is 0 Å². The second kappa shape index (κ2) is 11.9. The summed E-state index contributed by atoms with van der Waals surface area (Å²) in [5, 5.41) is 6.30. The lowest BCUT2D eigenvalue weighted by molar-refractivity contribution is 0.105. The van der Waals surface area contributed by atoms with Crippen molar-refractivity contribution in [3.63, 3.8) is 0 Å². The van der Waals surface area contributed by atoms with Gasteiger partial charge in [0.1, 0.15) is 19.0 Å². The largest absolute Gasteiger partial charge is 0.443 e. The maximum Gasteiger partial charge on any atom is 0.437 e. The normalized spacial score (nSPS) is 15.4. The summed E-state index contributed by atoms with van der Waals surface area (Å²) >= 11 is 0. The minimum atomic E-state index is -0.995. The summed E-state index contributed by atoms with van der Waals surface area (Å²) in [5.41, 5.74) is 15.3. The number of benzene rings is 1. The monoisotopic (exact) mass is 497 g/mol. The highest BCUT2D eigenvalue weighted by atomic mass is 19.1. The lowest BCUT2D eigenvalue weighted by atomic mass is 10.1. The topological polar surface area (TPSA) is 157 Å². The third kappa shape index (κ3) is 6.66. The number of oxime groups is 1. The van der Waals surface area contributed by atoms with E-state index in [1.165, 1.54) is 6.07 Å². The van der Waals surface area contributed by atoms with Crippen LogP contribution in [-0.2, 0) is 16.2 Å². The van der Waals surface area contributed by atoms with E-state index in [9.17, 15) is 4.79 Å². The number of nitrogens with two attached hydrogens (primary N) is 2. The number of hydrogen-bond acceptors (Lipinski definition) is 9. The first-order valence-electron chi connectivity index (χ1n) is 11.4. The van der Waals surface area contributed by atoms with Gasteiger partial charge < -0.3 is 31.4 Å². The number of nitrogens with one attached hydrogen (secondary N) is 1. The molecule has 13 heteroatoms. The number of halogens is 1. The van der Waals surface area contributed by atoms with Gasteiger partial charge in [-0.05, 0) is 0 Å². The quantitative estimate of drug-likeness (QED) is 0.211. The lowest BCUT2D eigenvalue weighted by Crippen LogP contribution is -2.35. The fourth-order valence-electron chi connectivity index (χ4n) is 3.71. The third-order valence-electron chi connectivity index (χ3n) is 5.57. The highest BCUT2D eigenvalue weighted by Crippen LogP contribution is 2.26. The summed E-state index contributed by atoms with van der Waals surface area (Å²) < 4.78 is 19.9. The Morgan fingerprint density at radius 2 is 1.97 bits per heavy atom. The summed E-state index contributed by atoms with van der Waals surface area (Å²) in [7, 11) is 0. The molecule has 1 aromatic carbocycles. The van der Waals surface area contributed by atoms with E-state index < -0.39 is 17.9 Å². The zero-order chi connectivity index (χ0) is 25.3. The average molecular weight is 498 g/mol. The van der Waals surface area contributed by atoms with Gasteiger partial charge >= 0.3 is 6.09 Å². The minimum Gasteiger partial charge on any atom is -0.443 e. The Bertz CT molecular complexity index is 1130. The molecule has 0 spiro atoms. The molecule has 1 saturated heterocycles. The number of aliphatic imine (C=N–C) groups is 1. The van der Waals surface area contributed by atoms with Crippen molar-refractivity contribution in [3.8, 4) is 11.1 Å². The Labute approximate surface area is 207 Å². The van der Waals surface area contributed by atoms with Gasteiger partial charge in [0.2, 0.25) is 5.95 Å². The van der Waals surface area contributed by atoms with Crippen LogP contribution in [-0.4, -0.2) is 65.5 Å². The third-order valence-corrected chi connectivity index (χ3v) is 5.57. The molecule has 1 aromatic heterocycles. The van der Waals surface area contributed by atoms with Crippen LogP contribution in [0.4, 0.5) is 15.1 Å². The molecular weight excluding hydrogens is 469 g/mol. The van der Waals surface area contributed by atoms with Gasteiger partial charge in [-0.15, -0.1) is 4.99 Å². The van der Waals surface area contributed by atoms with Crippen molar-refractivity contribution in [2.24, 2.45) is 21.6 Å². The first-order valence-corrected chi connectivity index (χ1v) is 11.4. The number of guanidine groups is 1. The van der Waals surface area contributed by atoms with E-state index in [1.54, 1.807) is 24.5 Å². The van der Waals surface area contributed by atoms with Crippen molar-refractivity contribution < 1.29 is 18.8 Å². The molecule has 2 aliphatic heterocycles.